The van der Waals surface area contributed by atoms with E-state index in [1.54, 1.807) is 0 Å². The average Bonchev–Trinajstić information content (AvgIpc) is 2.42. The van der Waals surface area contributed by atoms with E-state index < -0.39 is 5.60 Å². The van der Waals surface area contributed by atoms with Crippen LogP contribution in [-0.4, -0.2) is 45.7 Å². The van der Waals surface area contributed by atoms with Crippen molar-refractivity contribution in [3.63, 3.8) is 0 Å². The molecule has 0 spiro atoms. The lowest BCUT2D eigenvalue weighted by Gasteiger charge is -2.36. The van der Waals surface area contributed by atoms with Crippen LogP contribution in [0.2, 0.25) is 5.28 Å². The van der Waals surface area contributed by atoms with E-state index in [-0.39, 0.29) is 17.4 Å². The van der Waals surface area contributed by atoms with Crippen molar-refractivity contribution in [2.24, 2.45) is 0 Å². The smallest absolute Gasteiger partial charge is 0.410 e. The van der Waals surface area contributed by atoms with Gasteiger partial charge in [-0.1, -0.05) is 0 Å². The van der Waals surface area contributed by atoms with Crippen LogP contribution in [0.4, 0.5) is 10.6 Å². The van der Waals surface area contributed by atoms with E-state index in [9.17, 15) is 4.79 Å². The van der Waals surface area contributed by atoms with E-state index in [4.69, 9.17) is 16.3 Å². The standard InChI is InChI=1S/C16H25ClN4O2/c1-11-9-13(20-14(17)19-11)18-10-12-7-5-6-8-21(12)15(22)23-16(2,3)4/h9,12H,5-8,10H2,1-4H3,(H,18,19,20). The number of nitrogens with one attached hydrogen (secondary N) is 1. The Hall–Kier alpha value is -1.56. The number of hydrogen-bond acceptors (Lipinski definition) is 5. The minimum Gasteiger partial charge on any atom is -0.444 e. The topological polar surface area (TPSA) is 67.4 Å². The highest BCUT2D eigenvalue weighted by atomic mass is 35.5. The second-order valence-electron chi connectivity index (χ2n) is 6.87. The minimum atomic E-state index is -0.482. The molecule has 1 aliphatic rings. The molecule has 1 fully saturated rings. The van der Waals surface area contributed by atoms with E-state index in [1.165, 1.54) is 0 Å². The number of piperidine rings is 1. The van der Waals surface area contributed by atoms with Gasteiger partial charge in [0.15, 0.2) is 0 Å². The predicted molar refractivity (Wildman–Crippen MR) is 90.8 cm³/mol. The number of hydrogen-bond donors (Lipinski definition) is 1. The molecule has 128 valence electrons. The van der Waals surface area contributed by atoms with Crippen LogP contribution in [0.3, 0.4) is 0 Å². The van der Waals surface area contributed by atoms with Crippen molar-refractivity contribution in [1.82, 2.24) is 14.9 Å². The van der Waals surface area contributed by atoms with Crippen LogP contribution in [0.25, 0.3) is 0 Å². The molecule has 1 saturated heterocycles. The first-order chi connectivity index (χ1) is 10.7. The fourth-order valence-electron chi connectivity index (χ4n) is 2.62. The van der Waals surface area contributed by atoms with Gasteiger partial charge in [-0.05, 0) is 58.6 Å². The Morgan fingerprint density at radius 2 is 2.17 bits per heavy atom. The molecule has 0 saturated carbocycles. The van der Waals surface area contributed by atoms with E-state index in [2.05, 4.69) is 15.3 Å². The maximum absolute atomic E-state index is 12.4. The van der Waals surface area contributed by atoms with E-state index in [0.29, 0.717) is 12.4 Å². The first-order valence-electron chi connectivity index (χ1n) is 7.99. The Balaban J connectivity index is 1.99. The van der Waals surface area contributed by atoms with Gasteiger partial charge >= 0.3 is 6.09 Å². The fourth-order valence-corrected chi connectivity index (χ4v) is 2.84. The molecule has 0 bridgehead atoms. The number of rotatable bonds is 3. The second-order valence-corrected chi connectivity index (χ2v) is 7.21. The zero-order chi connectivity index (χ0) is 17.0. The Kier molecular flexibility index (Phi) is 5.68. The summed E-state index contributed by atoms with van der Waals surface area (Å²) in [7, 11) is 0. The first kappa shape index (κ1) is 17.8. The molecule has 1 aliphatic heterocycles. The summed E-state index contributed by atoms with van der Waals surface area (Å²) in [6, 6.07) is 1.93. The molecule has 0 radical (unpaired) electrons. The van der Waals surface area contributed by atoms with Crippen molar-refractivity contribution < 1.29 is 9.53 Å². The Bertz CT molecular complexity index is 539. The molecule has 2 rings (SSSR count). The molecule has 1 atom stereocenters. The van der Waals surface area contributed by atoms with Crippen LogP contribution in [-0.2, 0) is 4.74 Å². The summed E-state index contributed by atoms with van der Waals surface area (Å²) in [5.41, 5.74) is 0.323. The number of halogens is 1. The third-order valence-electron chi connectivity index (χ3n) is 3.60. The molecule has 23 heavy (non-hydrogen) atoms. The van der Waals surface area contributed by atoms with Crippen molar-refractivity contribution in [2.45, 2.75) is 58.6 Å². The summed E-state index contributed by atoms with van der Waals surface area (Å²) in [5.74, 6) is 0.678. The number of aryl methyl sites for hydroxylation is 1. The molecule has 2 heterocycles. The van der Waals surface area contributed by atoms with Crippen molar-refractivity contribution in [3.8, 4) is 0 Å². The molecule has 1 amide bonds. The highest BCUT2D eigenvalue weighted by molar-refractivity contribution is 6.28. The Morgan fingerprint density at radius 1 is 1.43 bits per heavy atom. The van der Waals surface area contributed by atoms with Crippen molar-refractivity contribution in [2.75, 3.05) is 18.4 Å². The zero-order valence-corrected chi connectivity index (χ0v) is 15.0. The number of likely N-dealkylation sites (tertiary alicyclic amines) is 1. The molecule has 1 unspecified atom stereocenters. The monoisotopic (exact) mass is 340 g/mol. The number of ether oxygens (including phenoxy) is 1. The third-order valence-corrected chi connectivity index (χ3v) is 3.77. The maximum Gasteiger partial charge on any atom is 0.410 e. The largest absolute Gasteiger partial charge is 0.444 e. The van der Waals surface area contributed by atoms with Crippen molar-refractivity contribution in [1.29, 1.82) is 0 Å². The Morgan fingerprint density at radius 3 is 2.83 bits per heavy atom. The fraction of sp³-hybridized carbons (Fsp3) is 0.688. The third kappa shape index (κ3) is 5.53. The first-order valence-corrected chi connectivity index (χ1v) is 8.37. The molecule has 0 aromatic carbocycles. The van der Waals surface area contributed by atoms with Gasteiger partial charge in [0.25, 0.3) is 0 Å². The minimum absolute atomic E-state index is 0.0904. The number of carbonyl (C=O) groups excluding carboxylic acids is 1. The molecule has 6 nitrogen and oxygen atoms in total. The van der Waals surface area contributed by atoms with Gasteiger partial charge in [0.05, 0.1) is 6.04 Å². The molecular formula is C16H25ClN4O2. The van der Waals surface area contributed by atoms with Gasteiger partial charge in [-0.2, -0.15) is 0 Å². The van der Waals surface area contributed by atoms with Crippen LogP contribution in [0.15, 0.2) is 6.07 Å². The lowest BCUT2D eigenvalue weighted by Crippen LogP contribution is -2.48. The quantitative estimate of drug-likeness (QED) is 0.851. The normalized spacial score (nSPS) is 18.7. The lowest BCUT2D eigenvalue weighted by atomic mass is 10.0. The number of aromatic nitrogens is 2. The summed E-state index contributed by atoms with van der Waals surface area (Å²) >= 11 is 5.88. The van der Waals surface area contributed by atoms with Gasteiger partial charge in [0, 0.05) is 24.8 Å². The van der Waals surface area contributed by atoms with E-state index in [1.807, 2.05) is 38.7 Å². The highest BCUT2D eigenvalue weighted by Crippen LogP contribution is 2.21. The number of carbonyl (C=O) groups is 1. The van der Waals surface area contributed by atoms with E-state index in [0.717, 1.165) is 31.5 Å². The summed E-state index contributed by atoms with van der Waals surface area (Å²) in [4.78, 5) is 22.4. The maximum atomic E-state index is 12.4. The highest BCUT2D eigenvalue weighted by Gasteiger charge is 2.30. The SMILES string of the molecule is Cc1cc(NCC2CCCCN2C(=O)OC(C)(C)C)nc(Cl)n1. The molecular weight excluding hydrogens is 316 g/mol. The molecule has 0 aliphatic carbocycles. The lowest BCUT2D eigenvalue weighted by molar-refractivity contribution is 0.0114. The summed E-state index contributed by atoms with van der Waals surface area (Å²) < 4.78 is 5.51. The summed E-state index contributed by atoms with van der Waals surface area (Å²) in [6.45, 7) is 8.86. The van der Waals surface area contributed by atoms with Gasteiger partial charge < -0.3 is 15.0 Å². The second kappa shape index (κ2) is 7.34. The Labute approximate surface area is 142 Å². The molecule has 7 heteroatoms. The average molecular weight is 341 g/mol. The van der Waals surface area contributed by atoms with E-state index >= 15 is 0 Å². The summed E-state index contributed by atoms with van der Waals surface area (Å²) in [5, 5.41) is 3.48. The van der Waals surface area contributed by atoms with Gasteiger partial charge in [0.2, 0.25) is 5.28 Å². The van der Waals surface area contributed by atoms with Crippen LogP contribution in [0, 0.1) is 6.92 Å². The number of anilines is 1. The number of amides is 1. The zero-order valence-electron chi connectivity index (χ0n) is 14.2. The molecule has 1 aromatic heterocycles. The van der Waals surface area contributed by atoms with Crippen LogP contribution < -0.4 is 5.32 Å². The molecule has 1 aromatic rings. The van der Waals surface area contributed by atoms with Gasteiger partial charge in [-0.15, -0.1) is 0 Å². The van der Waals surface area contributed by atoms with Crippen LogP contribution in [0.1, 0.15) is 45.7 Å². The molecule has 1 N–H and O–H groups in total. The summed E-state index contributed by atoms with van der Waals surface area (Å²) in [6.07, 6.45) is 2.81. The van der Waals surface area contributed by atoms with Crippen LogP contribution in [0.5, 0.6) is 0 Å². The van der Waals surface area contributed by atoms with Gasteiger partial charge in [-0.3, -0.25) is 0 Å². The van der Waals surface area contributed by atoms with Gasteiger partial charge in [0.1, 0.15) is 11.4 Å². The predicted octanol–water partition coefficient (Wildman–Crippen LogP) is 3.64. The number of nitrogens with zero attached hydrogens (tertiary/aromatic N) is 3. The van der Waals surface area contributed by atoms with Crippen LogP contribution >= 0.6 is 11.6 Å². The van der Waals surface area contributed by atoms with Crippen molar-refractivity contribution in [3.05, 3.63) is 17.0 Å². The van der Waals surface area contributed by atoms with Gasteiger partial charge in [-0.25, -0.2) is 14.8 Å². The van der Waals surface area contributed by atoms with Crippen molar-refractivity contribution >= 4 is 23.5 Å².